The number of para-hydroxylation sites is 2. The van der Waals surface area contributed by atoms with Gasteiger partial charge in [-0.15, -0.1) is 0 Å². The third-order valence-electron chi connectivity index (χ3n) is 11.7. The van der Waals surface area contributed by atoms with Gasteiger partial charge in [0.15, 0.2) is 0 Å². The lowest BCUT2D eigenvalue weighted by atomic mass is 9.87. The minimum absolute atomic E-state index is 1.13. The zero-order valence-electron chi connectivity index (χ0n) is 34.5. The van der Waals surface area contributed by atoms with Crippen molar-refractivity contribution in [1.29, 1.82) is 0 Å². The van der Waals surface area contributed by atoms with Crippen LogP contribution in [-0.4, -0.2) is 0 Å². The maximum absolute atomic E-state index is 2.41. The Morgan fingerprint density at radius 2 is 0.583 bits per heavy atom. The number of aryl methyl sites for hydroxylation is 4. The van der Waals surface area contributed by atoms with Crippen molar-refractivity contribution in [1.82, 2.24) is 0 Å². The van der Waals surface area contributed by atoms with Crippen LogP contribution in [0.5, 0.6) is 0 Å². The van der Waals surface area contributed by atoms with Crippen molar-refractivity contribution in [3.05, 3.63) is 229 Å². The molecule has 0 spiro atoms. The molecule has 0 amide bonds. The number of anilines is 6. The molecule has 288 valence electrons. The monoisotopic (exact) mass is 770 g/mol. The summed E-state index contributed by atoms with van der Waals surface area (Å²) in [6.07, 6.45) is 0. The van der Waals surface area contributed by atoms with Crippen molar-refractivity contribution in [2.45, 2.75) is 27.7 Å². The minimum atomic E-state index is 1.13. The van der Waals surface area contributed by atoms with E-state index in [1.807, 2.05) is 0 Å². The zero-order chi connectivity index (χ0) is 40.7. The van der Waals surface area contributed by atoms with Crippen molar-refractivity contribution in [2.24, 2.45) is 0 Å². The molecule has 2 nitrogen and oxygen atoms in total. The Labute approximate surface area is 353 Å². The summed E-state index contributed by atoms with van der Waals surface area (Å²) < 4.78 is 0. The molecule has 0 aliphatic rings. The van der Waals surface area contributed by atoms with E-state index in [4.69, 9.17) is 0 Å². The summed E-state index contributed by atoms with van der Waals surface area (Å²) in [4.78, 5) is 4.71. The Kier molecular flexibility index (Phi) is 9.47. The molecular formula is C58H46N2. The normalized spacial score (nSPS) is 11.3. The molecule has 0 heterocycles. The maximum atomic E-state index is 2.41. The van der Waals surface area contributed by atoms with Gasteiger partial charge in [0, 0.05) is 34.1 Å². The summed E-state index contributed by atoms with van der Waals surface area (Å²) in [5.74, 6) is 0. The fourth-order valence-corrected chi connectivity index (χ4v) is 9.25. The third-order valence-corrected chi connectivity index (χ3v) is 11.7. The fraction of sp³-hybridized carbons (Fsp3) is 0.0690. The van der Waals surface area contributed by atoms with Crippen LogP contribution in [0.2, 0.25) is 0 Å². The highest BCUT2D eigenvalue weighted by Gasteiger charge is 2.18. The molecule has 0 saturated carbocycles. The SMILES string of the molecule is Cc1cc(C)cc(N(c2ccccc2)c2ccc(-c3cc4cc(-c5ccc(N(c6ccccc6)c6cc(C)cc(C)c6)cc5)c5ccccc5c4c4ccccc34)cc2)c1. The molecule has 0 saturated heterocycles. The standard InChI is InChI=1S/C58H46N2/c1-39-31-40(2)34-50(33-39)59(46-15-7-5-8-16-46)48-27-23-43(24-28-48)56-37-45-38-57(53-20-12-14-22-55(53)58(45)54-21-13-11-19-52(54)56)44-25-29-49(30-26-44)60(47-17-9-6-10-18-47)51-35-41(3)32-42(4)36-51/h5-38H,1-4H3. The van der Waals surface area contributed by atoms with Crippen molar-refractivity contribution in [2.75, 3.05) is 9.80 Å². The molecule has 2 heteroatoms. The molecule has 0 bridgehead atoms. The largest absolute Gasteiger partial charge is 0.310 e. The molecule has 0 N–H and O–H groups in total. The van der Waals surface area contributed by atoms with Gasteiger partial charge in [-0.25, -0.2) is 0 Å². The van der Waals surface area contributed by atoms with Crippen LogP contribution in [0, 0.1) is 27.7 Å². The molecule has 10 rings (SSSR count). The highest BCUT2D eigenvalue weighted by atomic mass is 15.1. The van der Waals surface area contributed by atoms with Gasteiger partial charge in [-0.2, -0.15) is 0 Å². The van der Waals surface area contributed by atoms with Crippen molar-refractivity contribution < 1.29 is 0 Å². The van der Waals surface area contributed by atoms with Crippen LogP contribution in [0.1, 0.15) is 22.3 Å². The lowest BCUT2D eigenvalue weighted by Gasteiger charge is -2.26. The van der Waals surface area contributed by atoms with E-state index in [1.165, 1.54) is 76.8 Å². The average molecular weight is 771 g/mol. The van der Waals surface area contributed by atoms with E-state index >= 15 is 0 Å². The predicted octanol–water partition coefficient (Wildman–Crippen LogP) is 16.7. The van der Waals surface area contributed by atoms with E-state index in [0.29, 0.717) is 0 Å². The Balaban J connectivity index is 1.10. The van der Waals surface area contributed by atoms with Crippen molar-refractivity contribution >= 4 is 66.4 Å². The lowest BCUT2D eigenvalue weighted by Crippen LogP contribution is -2.10. The minimum Gasteiger partial charge on any atom is -0.310 e. The van der Waals surface area contributed by atoms with Crippen LogP contribution in [0.25, 0.3) is 54.6 Å². The Hall–Kier alpha value is -7.42. The molecule has 0 fully saturated rings. The molecule has 0 aromatic heterocycles. The summed E-state index contributed by atoms with van der Waals surface area (Å²) in [6.45, 7) is 8.68. The fourth-order valence-electron chi connectivity index (χ4n) is 9.25. The number of rotatable bonds is 8. The molecular weight excluding hydrogens is 725 g/mol. The first-order valence-electron chi connectivity index (χ1n) is 20.8. The Bertz CT molecular complexity index is 2910. The Morgan fingerprint density at radius 3 is 0.950 bits per heavy atom. The van der Waals surface area contributed by atoms with Crippen LogP contribution >= 0.6 is 0 Å². The van der Waals surface area contributed by atoms with Gasteiger partial charge in [-0.3, -0.25) is 0 Å². The van der Waals surface area contributed by atoms with Gasteiger partial charge in [0.05, 0.1) is 0 Å². The number of hydrogen-bond acceptors (Lipinski definition) is 2. The zero-order valence-corrected chi connectivity index (χ0v) is 34.5. The van der Waals surface area contributed by atoms with Crippen LogP contribution in [0.4, 0.5) is 34.1 Å². The van der Waals surface area contributed by atoms with E-state index < -0.39 is 0 Å². The summed E-state index contributed by atoms with van der Waals surface area (Å²) in [5, 5.41) is 7.55. The molecule has 0 radical (unpaired) electrons. The van der Waals surface area contributed by atoms with Gasteiger partial charge in [0.25, 0.3) is 0 Å². The first-order valence-corrected chi connectivity index (χ1v) is 20.8. The van der Waals surface area contributed by atoms with E-state index in [-0.39, 0.29) is 0 Å². The second-order valence-corrected chi connectivity index (χ2v) is 16.2. The first kappa shape index (κ1) is 36.9. The van der Waals surface area contributed by atoms with E-state index in [2.05, 4.69) is 244 Å². The second-order valence-electron chi connectivity index (χ2n) is 16.2. The molecule has 60 heavy (non-hydrogen) atoms. The first-order chi connectivity index (χ1) is 29.4. The number of hydrogen-bond donors (Lipinski definition) is 0. The highest BCUT2D eigenvalue weighted by molar-refractivity contribution is 6.25. The van der Waals surface area contributed by atoms with E-state index in [0.717, 1.165) is 34.1 Å². The quantitative estimate of drug-likeness (QED) is 0.142. The number of benzene rings is 10. The van der Waals surface area contributed by atoms with Gasteiger partial charge in [-0.05, 0) is 189 Å². The summed E-state index contributed by atoms with van der Waals surface area (Å²) in [6, 6.07) is 75.7. The summed E-state index contributed by atoms with van der Waals surface area (Å²) in [5.41, 5.74) is 16.7. The van der Waals surface area contributed by atoms with Crippen molar-refractivity contribution in [3.8, 4) is 22.3 Å². The summed E-state index contributed by atoms with van der Waals surface area (Å²) in [7, 11) is 0. The Morgan fingerprint density at radius 1 is 0.267 bits per heavy atom. The van der Waals surface area contributed by atoms with Gasteiger partial charge >= 0.3 is 0 Å². The third kappa shape index (κ3) is 6.86. The average Bonchev–Trinajstić information content (AvgIpc) is 3.26. The lowest BCUT2D eigenvalue weighted by molar-refractivity contribution is 1.25. The smallest absolute Gasteiger partial charge is 0.0466 e. The van der Waals surface area contributed by atoms with E-state index in [9.17, 15) is 0 Å². The van der Waals surface area contributed by atoms with Gasteiger partial charge in [-0.1, -0.05) is 121 Å². The molecule has 0 unspecified atom stereocenters. The molecule has 10 aromatic rings. The second kappa shape index (κ2) is 15.4. The predicted molar refractivity (Wildman–Crippen MR) is 258 cm³/mol. The van der Waals surface area contributed by atoms with Crippen LogP contribution in [0.3, 0.4) is 0 Å². The van der Waals surface area contributed by atoms with Crippen LogP contribution in [-0.2, 0) is 0 Å². The molecule has 0 atom stereocenters. The van der Waals surface area contributed by atoms with E-state index in [1.54, 1.807) is 0 Å². The maximum Gasteiger partial charge on any atom is 0.0466 e. The molecule has 0 aliphatic heterocycles. The topological polar surface area (TPSA) is 6.48 Å². The molecule has 10 aromatic carbocycles. The summed E-state index contributed by atoms with van der Waals surface area (Å²) >= 11 is 0. The molecule has 0 aliphatic carbocycles. The van der Waals surface area contributed by atoms with Crippen LogP contribution < -0.4 is 9.80 Å². The van der Waals surface area contributed by atoms with Crippen molar-refractivity contribution in [3.63, 3.8) is 0 Å². The highest BCUT2D eigenvalue weighted by Crippen LogP contribution is 2.44. The number of nitrogens with zero attached hydrogens (tertiary/aromatic N) is 2. The number of fused-ring (bicyclic) bond motifs is 5. The van der Waals surface area contributed by atoms with Gasteiger partial charge < -0.3 is 9.80 Å². The van der Waals surface area contributed by atoms with Crippen LogP contribution in [0.15, 0.2) is 206 Å². The van der Waals surface area contributed by atoms with Gasteiger partial charge in [0.2, 0.25) is 0 Å². The van der Waals surface area contributed by atoms with Gasteiger partial charge in [0.1, 0.15) is 0 Å².